The number of ether oxygens (including phenoxy) is 2. The molecule has 0 radical (unpaired) electrons. The van der Waals surface area contributed by atoms with Gasteiger partial charge in [-0.1, -0.05) is 172 Å². The first-order chi connectivity index (χ1) is 29.6. The molecule has 0 saturated heterocycles. The zero-order valence-corrected chi connectivity index (χ0v) is 34.8. The van der Waals surface area contributed by atoms with Crippen molar-refractivity contribution in [1.29, 1.82) is 0 Å². The highest BCUT2D eigenvalue weighted by atomic mass is 16.5. The molecule has 0 aliphatic rings. The summed E-state index contributed by atoms with van der Waals surface area (Å²) in [4.78, 5) is 25.1. The Morgan fingerprint density at radius 1 is 0.367 bits per heavy atom. The van der Waals surface area contributed by atoms with Crippen molar-refractivity contribution in [3.05, 3.63) is 120 Å². The molecule has 4 heteroatoms. The van der Waals surface area contributed by atoms with Gasteiger partial charge in [0.05, 0.1) is 0 Å². The molecule has 0 fully saturated rings. The second kappa shape index (κ2) is 20.2. The third-order valence-electron chi connectivity index (χ3n) is 12.1. The fraction of sp³-hybridized carbons (Fsp3) is 0.321. The Labute approximate surface area is 354 Å². The third-order valence-corrected chi connectivity index (χ3v) is 12.1. The standard InChI is InChI=1S/C56H54O4/c57-51(59-39-47-33-31-45-29-27-41-21-19-23-43-35-37-49(47)55(45)53(41)43)25-17-15-13-11-9-7-5-3-1-2-4-6-8-10-12-14-16-18-26-52(58)60-40-48-34-32-46-30-28-42-22-20-24-44-36-38-50(48)56(46)54(42)44/h19-24,27-38H,5-18,25-26,39-40H2. The highest BCUT2D eigenvalue weighted by Gasteiger charge is 2.14. The molecule has 0 unspecified atom stereocenters. The molecule has 8 aromatic rings. The average Bonchev–Trinajstić information content (AvgIpc) is 3.28. The lowest BCUT2D eigenvalue weighted by Gasteiger charge is -2.14. The maximum Gasteiger partial charge on any atom is 0.306 e. The van der Waals surface area contributed by atoms with E-state index in [9.17, 15) is 9.59 Å². The molecule has 0 aliphatic carbocycles. The second-order valence-corrected chi connectivity index (χ2v) is 16.3. The van der Waals surface area contributed by atoms with E-state index >= 15 is 0 Å². The Morgan fingerprint density at radius 3 is 1.12 bits per heavy atom. The van der Waals surface area contributed by atoms with Gasteiger partial charge in [-0.05, 0) is 113 Å². The van der Waals surface area contributed by atoms with Gasteiger partial charge in [0.2, 0.25) is 0 Å². The number of rotatable bonds is 20. The zero-order valence-electron chi connectivity index (χ0n) is 34.8. The summed E-state index contributed by atoms with van der Waals surface area (Å²) in [5, 5.41) is 14.8. The van der Waals surface area contributed by atoms with Gasteiger partial charge in [0.15, 0.2) is 0 Å². The zero-order chi connectivity index (χ0) is 40.9. The molecule has 0 amide bonds. The van der Waals surface area contributed by atoms with E-state index in [0.29, 0.717) is 26.1 Å². The summed E-state index contributed by atoms with van der Waals surface area (Å²) in [5.41, 5.74) is 2.12. The summed E-state index contributed by atoms with van der Waals surface area (Å²) in [5.74, 6) is 12.2. The summed E-state index contributed by atoms with van der Waals surface area (Å²) in [6, 6.07) is 38.7. The molecule has 8 rings (SSSR count). The van der Waals surface area contributed by atoms with Gasteiger partial charge >= 0.3 is 11.9 Å². The lowest BCUT2D eigenvalue weighted by molar-refractivity contribution is -0.146. The summed E-state index contributed by atoms with van der Waals surface area (Å²) in [6.07, 6.45) is 15.6. The van der Waals surface area contributed by atoms with Crippen molar-refractivity contribution in [1.82, 2.24) is 0 Å². The van der Waals surface area contributed by atoms with Crippen molar-refractivity contribution in [2.45, 2.75) is 116 Å². The number of benzene rings is 8. The van der Waals surface area contributed by atoms with E-state index in [2.05, 4.69) is 133 Å². The van der Waals surface area contributed by atoms with Crippen LogP contribution >= 0.6 is 0 Å². The van der Waals surface area contributed by atoms with Crippen molar-refractivity contribution in [2.75, 3.05) is 0 Å². The molecule has 0 atom stereocenters. The van der Waals surface area contributed by atoms with Crippen LogP contribution in [-0.4, -0.2) is 11.9 Å². The molecular weight excluding hydrogens is 737 g/mol. The van der Waals surface area contributed by atoms with Crippen LogP contribution in [0.25, 0.3) is 64.6 Å². The Balaban J connectivity index is 0.610. The van der Waals surface area contributed by atoms with Crippen LogP contribution in [-0.2, 0) is 32.3 Å². The quantitative estimate of drug-likeness (QED) is 0.0334. The van der Waals surface area contributed by atoms with Crippen LogP contribution in [0.2, 0.25) is 0 Å². The van der Waals surface area contributed by atoms with E-state index in [4.69, 9.17) is 9.47 Å². The number of esters is 2. The first kappa shape index (κ1) is 40.7. The molecule has 0 N–H and O–H groups in total. The van der Waals surface area contributed by atoms with Crippen LogP contribution < -0.4 is 0 Å². The summed E-state index contributed by atoms with van der Waals surface area (Å²) in [6.45, 7) is 0.627. The minimum atomic E-state index is -0.114. The smallest absolute Gasteiger partial charge is 0.306 e. The van der Waals surface area contributed by atoms with Crippen LogP contribution in [0.15, 0.2) is 109 Å². The maximum atomic E-state index is 12.5. The Hall–Kier alpha value is -6.10. The van der Waals surface area contributed by atoms with E-state index in [1.54, 1.807) is 0 Å². The van der Waals surface area contributed by atoms with E-state index in [-0.39, 0.29) is 11.9 Å². The van der Waals surface area contributed by atoms with Crippen LogP contribution in [0, 0.1) is 23.7 Å². The van der Waals surface area contributed by atoms with E-state index < -0.39 is 0 Å². The lowest BCUT2D eigenvalue weighted by atomic mass is 9.92. The van der Waals surface area contributed by atoms with Gasteiger partial charge in [-0.15, -0.1) is 0 Å². The van der Waals surface area contributed by atoms with Crippen molar-refractivity contribution >= 4 is 76.6 Å². The van der Waals surface area contributed by atoms with Crippen molar-refractivity contribution in [3.63, 3.8) is 0 Å². The average molecular weight is 791 g/mol. The van der Waals surface area contributed by atoms with Gasteiger partial charge in [-0.3, -0.25) is 9.59 Å². The normalized spacial score (nSPS) is 11.4. The summed E-state index contributed by atoms with van der Waals surface area (Å²) >= 11 is 0. The summed E-state index contributed by atoms with van der Waals surface area (Å²) in [7, 11) is 0. The lowest BCUT2D eigenvalue weighted by Crippen LogP contribution is -2.05. The van der Waals surface area contributed by atoms with E-state index in [0.717, 1.165) is 88.2 Å². The molecular formula is C56H54O4. The fourth-order valence-electron chi connectivity index (χ4n) is 8.90. The number of hydrogen-bond donors (Lipinski definition) is 0. The maximum absolute atomic E-state index is 12.5. The predicted octanol–water partition coefficient (Wildman–Crippen LogP) is 14.5. The number of hydrogen-bond acceptors (Lipinski definition) is 4. The minimum absolute atomic E-state index is 0.114. The van der Waals surface area contributed by atoms with Gasteiger partial charge < -0.3 is 9.47 Å². The van der Waals surface area contributed by atoms with Gasteiger partial charge in [-0.25, -0.2) is 0 Å². The molecule has 0 aromatic heterocycles. The van der Waals surface area contributed by atoms with Crippen LogP contribution in [0.4, 0.5) is 0 Å². The van der Waals surface area contributed by atoms with Crippen LogP contribution in [0.5, 0.6) is 0 Å². The van der Waals surface area contributed by atoms with Crippen LogP contribution in [0.1, 0.15) is 114 Å². The second-order valence-electron chi connectivity index (χ2n) is 16.3. The molecule has 0 bridgehead atoms. The number of carbonyl (C=O) groups excluding carboxylic acids is 2. The monoisotopic (exact) mass is 790 g/mol. The largest absolute Gasteiger partial charge is 0.461 e. The van der Waals surface area contributed by atoms with Gasteiger partial charge in [-0.2, -0.15) is 0 Å². The Bertz CT molecular complexity index is 2620. The van der Waals surface area contributed by atoms with Crippen molar-refractivity contribution < 1.29 is 19.1 Å². The molecule has 0 spiro atoms. The third kappa shape index (κ3) is 9.84. The molecule has 4 nitrogen and oxygen atoms in total. The minimum Gasteiger partial charge on any atom is -0.461 e. The van der Waals surface area contributed by atoms with Crippen molar-refractivity contribution in [3.8, 4) is 23.7 Å². The molecule has 302 valence electrons. The molecule has 0 saturated carbocycles. The predicted molar refractivity (Wildman–Crippen MR) is 249 cm³/mol. The Kier molecular flexibility index (Phi) is 13.7. The highest BCUT2D eigenvalue weighted by molar-refractivity contribution is 6.24. The molecule has 8 aromatic carbocycles. The molecule has 0 heterocycles. The number of carbonyl (C=O) groups is 2. The first-order valence-corrected chi connectivity index (χ1v) is 22.2. The van der Waals surface area contributed by atoms with Gasteiger partial charge in [0.25, 0.3) is 0 Å². The van der Waals surface area contributed by atoms with E-state index in [1.807, 2.05) is 0 Å². The SMILES string of the molecule is O=C(CCCCCCCCC#CC#CCCCCCCCCC(=O)OCc1ccc2ccc3cccc4ccc1c2c34)OCc1ccc2ccc3cccc4ccc1c2c34. The first-order valence-electron chi connectivity index (χ1n) is 22.2. The van der Waals surface area contributed by atoms with Gasteiger partial charge in [0, 0.05) is 25.7 Å². The highest BCUT2D eigenvalue weighted by Crippen LogP contribution is 2.37. The van der Waals surface area contributed by atoms with Crippen LogP contribution in [0.3, 0.4) is 0 Å². The Morgan fingerprint density at radius 2 is 0.700 bits per heavy atom. The number of unbranched alkanes of at least 4 members (excludes halogenated alkanes) is 12. The molecule has 0 aliphatic heterocycles. The van der Waals surface area contributed by atoms with E-state index in [1.165, 1.54) is 77.5 Å². The summed E-state index contributed by atoms with van der Waals surface area (Å²) < 4.78 is 11.4. The topological polar surface area (TPSA) is 52.6 Å². The van der Waals surface area contributed by atoms with Crippen molar-refractivity contribution in [2.24, 2.45) is 0 Å². The fourth-order valence-corrected chi connectivity index (χ4v) is 8.90. The molecule has 60 heavy (non-hydrogen) atoms. The van der Waals surface area contributed by atoms with Gasteiger partial charge in [0.1, 0.15) is 13.2 Å².